The number of hydrogen-bond donors (Lipinski definition) is 1. The van der Waals surface area contributed by atoms with Crippen molar-refractivity contribution >= 4 is 5.91 Å². The summed E-state index contributed by atoms with van der Waals surface area (Å²) in [5.41, 5.74) is 6.48. The molecule has 100 valence electrons. The van der Waals surface area contributed by atoms with Gasteiger partial charge in [0, 0.05) is 18.6 Å². The summed E-state index contributed by atoms with van der Waals surface area (Å²) in [4.78, 5) is 14.4. The number of amides is 1. The highest BCUT2D eigenvalue weighted by Gasteiger charge is 2.28. The van der Waals surface area contributed by atoms with Crippen LogP contribution in [0.1, 0.15) is 48.7 Å². The third-order valence-corrected chi connectivity index (χ3v) is 3.76. The van der Waals surface area contributed by atoms with Crippen molar-refractivity contribution in [3.63, 3.8) is 0 Å². The summed E-state index contributed by atoms with van der Waals surface area (Å²) >= 11 is 0. The van der Waals surface area contributed by atoms with E-state index in [1.165, 1.54) is 6.20 Å². The highest BCUT2D eigenvalue weighted by atomic mass is 16.5. The van der Waals surface area contributed by atoms with Crippen molar-refractivity contribution in [3.8, 4) is 0 Å². The molecule has 0 unspecified atom stereocenters. The van der Waals surface area contributed by atoms with Gasteiger partial charge in [-0.15, -0.1) is 0 Å². The van der Waals surface area contributed by atoms with E-state index in [9.17, 15) is 4.79 Å². The number of aromatic nitrogens is 1. The fourth-order valence-electron chi connectivity index (χ4n) is 2.64. The van der Waals surface area contributed by atoms with Crippen LogP contribution in [0.2, 0.25) is 0 Å². The minimum Gasteiger partial charge on any atom is -0.361 e. The fraction of sp³-hybridized carbons (Fsp3) is 0.692. The molecule has 1 heterocycles. The molecule has 1 amide bonds. The van der Waals surface area contributed by atoms with E-state index in [1.807, 2.05) is 11.8 Å². The first kappa shape index (κ1) is 13.1. The van der Waals surface area contributed by atoms with Crippen molar-refractivity contribution in [3.05, 3.63) is 17.5 Å². The molecular formula is C13H21N3O2. The predicted octanol–water partition coefficient (Wildman–Crippen LogP) is 1.72. The molecule has 2 rings (SSSR count). The van der Waals surface area contributed by atoms with E-state index < -0.39 is 0 Å². The lowest BCUT2D eigenvalue weighted by Crippen LogP contribution is -2.44. The highest BCUT2D eigenvalue weighted by Crippen LogP contribution is 2.24. The molecule has 0 bridgehead atoms. The van der Waals surface area contributed by atoms with Crippen LogP contribution in [-0.4, -0.2) is 34.6 Å². The van der Waals surface area contributed by atoms with Gasteiger partial charge >= 0.3 is 0 Å². The molecular weight excluding hydrogens is 230 g/mol. The normalized spacial score (nSPS) is 23.9. The quantitative estimate of drug-likeness (QED) is 0.887. The van der Waals surface area contributed by atoms with E-state index in [0.717, 1.165) is 25.7 Å². The van der Waals surface area contributed by atoms with Crippen LogP contribution in [0.15, 0.2) is 10.7 Å². The summed E-state index contributed by atoms with van der Waals surface area (Å²) < 4.78 is 4.97. The molecule has 0 radical (unpaired) electrons. The van der Waals surface area contributed by atoms with Crippen molar-refractivity contribution in [2.24, 2.45) is 5.73 Å². The fourth-order valence-corrected chi connectivity index (χ4v) is 2.64. The minimum atomic E-state index is 0.0247. The Balaban J connectivity index is 2.09. The molecule has 1 fully saturated rings. The van der Waals surface area contributed by atoms with Crippen LogP contribution in [0, 0.1) is 6.92 Å². The molecule has 2 N–H and O–H groups in total. The van der Waals surface area contributed by atoms with Crippen LogP contribution in [0.25, 0.3) is 0 Å². The van der Waals surface area contributed by atoms with E-state index in [-0.39, 0.29) is 5.91 Å². The molecule has 5 heteroatoms. The lowest BCUT2D eigenvalue weighted by Gasteiger charge is -2.35. The Kier molecular flexibility index (Phi) is 4.01. The van der Waals surface area contributed by atoms with Crippen molar-refractivity contribution in [1.29, 1.82) is 0 Å². The zero-order chi connectivity index (χ0) is 13.1. The van der Waals surface area contributed by atoms with Crippen molar-refractivity contribution in [1.82, 2.24) is 10.1 Å². The van der Waals surface area contributed by atoms with Gasteiger partial charge in [-0.3, -0.25) is 4.79 Å². The molecule has 0 aliphatic heterocycles. The average molecular weight is 251 g/mol. The number of rotatable bonds is 3. The monoisotopic (exact) mass is 251 g/mol. The van der Waals surface area contributed by atoms with E-state index in [2.05, 4.69) is 5.16 Å². The van der Waals surface area contributed by atoms with Gasteiger partial charge in [0.15, 0.2) is 0 Å². The SMILES string of the molecule is CCN(C(=O)c1cnoc1C)C1CCC(N)CC1. The van der Waals surface area contributed by atoms with E-state index >= 15 is 0 Å². The molecule has 0 saturated heterocycles. The lowest BCUT2D eigenvalue weighted by atomic mass is 9.90. The molecule has 1 aromatic heterocycles. The Bertz CT molecular complexity index is 408. The first-order valence-electron chi connectivity index (χ1n) is 6.61. The molecule has 0 spiro atoms. The standard InChI is InChI=1S/C13H21N3O2/c1-3-16(11-6-4-10(14)5-7-11)13(17)12-8-15-18-9(12)2/h8,10-11H,3-7,14H2,1-2H3. The van der Waals surface area contributed by atoms with Crippen LogP contribution in [0.4, 0.5) is 0 Å². The third-order valence-electron chi connectivity index (χ3n) is 3.76. The first-order chi connectivity index (χ1) is 8.63. The smallest absolute Gasteiger partial charge is 0.259 e. The van der Waals surface area contributed by atoms with Crippen LogP contribution in [-0.2, 0) is 0 Å². The van der Waals surface area contributed by atoms with Crippen LogP contribution < -0.4 is 5.73 Å². The number of carbonyl (C=O) groups excluding carboxylic acids is 1. The van der Waals surface area contributed by atoms with Gasteiger partial charge in [-0.1, -0.05) is 5.16 Å². The lowest BCUT2D eigenvalue weighted by molar-refractivity contribution is 0.0639. The van der Waals surface area contributed by atoms with Crippen molar-refractivity contribution in [2.75, 3.05) is 6.54 Å². The Morgan fingerprint density at radius 3 is 2.67 bits per heavy atom. The second kappa shape index (κ2) is 5.52. The molecule has 0 aromatic carbocycles. The van der Waals surface area contributed by atoms with Gasteiger partial charge in [0.1, 0.15) is 11.3 Å². The van der Waals surface area contributed by atoms with Gasteiger partial charge in [-0.2, -0.15) is 0 Å². The Morgan fingerprint density at radius 2 is 2.17 bits per heavy atom. The third kappa shape index (κ3) is 2.56. The van der Waals surface area contributed by atoms with Crippen LogP contribution >= 0.6 is 0 Å². The van der Waals surface area contributed by atoms with Gasteiger partial charge in [-0.25, -0.2) is 0 Å². The van der Waals surface area contributed by atoms with Gasteiger partial charge < -0.3 is 15.2 Å². The number of aryl methyl sites for hydroxylation is 1. The largest absolute Gasteiger partial charge is 0.361 e. The summed E-state index contributed by atoms with van der Waals surface area (Å²) in [6, 6.07) is 0.601. The minimum absolute atomic E-state index is 0.0247. The molecule has 1 saturated carbocycles. The zero-order valence-electron chi connectivity index (χ0n) is 11.1. The Morgan fingerprint density at radius 1 is 1.50 bits per heavy atom. The van der Waals surface area contributed by atoms with Gasteiger partial charge in [0.05, 0.1) is 6.20 Å². The van der Waals surface area contributed by atoms with Crippen molar-refractivity contribution < 1.29 is 9.32 Å². The van der Waals surface area contributed by atoms with Gasteiger partial charge in [0.2, 0.25) is 0 Å². The topological polar surface area (TPSA) is 72.4 Å². The van der Waals surface area contributed by atoms with E-state index in [4.69, 9.17) is 10.3 Å². The van der Waals surface area contributed by atoms with Gasteiger partial charge in [-0.05, 0) is 39.5 Å². The summed E-state index contributed by atoms with van der Waals surface area (Å²) in [6.07, 6.45) is 5.49. The van der Waals surface area contributed by atoms with Gasteiger partial charge in [0.25, 0.3) is 5.91 Å². The Hall–Kier alpha value is -1.36. The van der Waals surface area contributed by atoms with Crippen LogP contribution in [0.5, 0.6) is 0 Å². The predicted molar refractivity (Wildman–Crippen MR) is 68.2 cm³/mol. The molecule has 1 aromatic rings. The summed E-state index contributed by atoms with van der Waals surface area (Å²) in [6.45, 7) is 4.49. The second-order valence-electron chi connectivity index (χ2n) is 4.96. The number of nitrogens with two attached hydrogens (primary N) is 1. The highest BCUT2D eigenvalue weighted by molar-refractivity contribution is 5.95. The maximum Gasteiger partial charge on any atom is 0.259 e. The summed E-state index contributed by atoms with van der Waals surface area (Å²) in [7, 11) is 0. The molecule has 1 aliphatic rings. The summed E-state index contributed by atoms with van der Waals surface area (Å²) in [5.74, 6) is 0.614. The number of hydrogen-bond acceptors (Lipinski definition) is 4. The first-order valence-corrected chi connectivity index (χ1v) is 6.61. The Labute approximate surface area is 107 Å². The zero-order valence-corrected chi connectivity index (χ0v) is 11.1. The maximum absolute atomic E-state index is 12.4. The molecule has 18 heavy (non-hydrogen) atoms. The van der Waals surface area contributed by atoms with E-state index in [0.29, 0.717) is 30.0 Å². The maximum atomic E-state index is 12.4. The number of carbonyl (C=O) groups is 1. The average Bonchev–Trinajstić information content (AvgIpc) is 2.78. The number of nitrogens with zero attached hydrogens (tertiary/aromatic N) is 2. The second-order valence-corrected chi connectivity index (χ2v) is 4.96. The molecule has 1 aliphatic carbocycles. The summed E-state index contributed by atoms with van der Waals surface area (Å²) in [5, 5.41) is 3.67. The van der Waals surface area contributed by atoms with Crippen molar-refractivity contribution in [2.45, 2.75) is 51.6 Å². The molecule has 5 nitrogen and oxygen atoms in total. The van der Waals surface area contributed by atoms with Crippen LogP contribution in [0.3, 0.4) is 0 Å². The van der Waals surface area contributed by atoms with E-state index in [1.54, 1.807) is 6.92 Å². The molecule has 0 atom stereocenters.